The van der Waals surface area contributed by atoms with E-state index in [0.717, 1.165) is 30.5 Å². The van der Waals surface area contributed by atoms with Crippen molar-refractivity contribution in [1.29, 1.82) is 0 Å². The fourth-order valence-electron chi connectivity index (χ4n) is 2.40. The van der Waals surface area contributed by atoms with Crippen LogP contribution in [-0.2, 0) is 17.6 Å². The molecule has 23 heavy (non-hydrogen) atoms. The predicted molar refractivity (Wildman–Crippen MR) is 92.7 cm³/mol. The van der Waals surface area contributed by atoms with E-state index in [9.17, 15) is 9.59 Å². The van der Waals surface area contributed by atoms with Gasteiger partial charge in [-0.2, -0.15) is 0 Å². The van der Waals surface area contributed by atoms with Gasteiger partial charge in [-0.3, -0.25) is 9.59 Å². The first-order valence-electron chi connectivity index (χ1n) is 7.02. The van der Waals surface area contributed by atoms with Crippen molar-refractivity contribution in [3.63, 3.8) is 0 Å². The molecule has 0 spiro atoms. The molecule has 0 fully saturated rings. The summed E-state index contributed by atoms with van der Waals surface area (Å²) in [6.07, 6.45) is 2.54. The van der Waals surface area contributed by atoms with Crippen LogP contribution in [0.3, 0.4) is 0 Å². The first-order valence-corrected chi connectivity index (χ1v) is 8.77. The zero-order valence-corrected chi connectivity index (χ0v) is 14.3. The molecule has 0 aliphatic heterocycles. The summed E-state index contributed by atoms with van der Waals surface area (Å²) in [6.45, 7) is 0. The summed E-state index contributed by atoms with van der Waals surface area (Å²) in [4.78, 5) is 31.0. The van der Waals surface area contributed by atoms with Crippen molar-refractivity contribution >= 4 is 46.6 Å². The zero-order valence-electron chi connectivity index (χ0n) is 12.0. The van der Waals surface area contributed by atoms with Crippen LogP contribution in [0.2, 0.25) is 10.0 Å². The Morgan fingerprint density at radius 2 is 2.17 bits per heavy atom. The fourth-order valence-corrected chi connectivity index (χ4v) is 3.42. The Kier molecular flexibility index (Phi) is 4.94. The molecular formula is C15H13Cl2N3O2S. The van der Waals surface area contributed by atoms with Crippen molar-refractivity contribution in [1.82, 2.24) is 9.97 Å². The second-order valence-electron chi connectivity index (χ2n) is 5.11. The second-order valence-corrected chi connectivity index (χ2v) is 6.92. The number of aromatic amines is 1. The lowest BCUT2D eigenvalue weighted by Crippen LogP contribution is -2.17. The number of amides is 1. The van der Waals surface area contributed by atoms with Gasteiger partial charge in [-0.1, -0.05) is 35.0 Å². The quantitative estimate of drug-likeness (QED) is 0.640. The van der Waals surface area contributed by atoms with E-state index in [1.165, 1.54) is 11.8 Å². The van der Waals surface area contributed by atoms with Crippen molar-refractivity contribution in [2.75, 3.05) is 11.1 Å². The van der Waals surface area contributed by atoms with Gasteiger partial charge >= 0.3 is 0 Å². The normalized spacial score (nSPS) is 13.0. The smallest absolute Gasteiger partial charge is 0.254 e. The van der Waals surface area contributed by atoms with Crippen LogP contribution in [0.1, 0.15) is 17.7 Å². The number of nitrogens with one attached hydrogen (secondary N) is 2. The molecule has 0 unspecified atom stereocenters. The number of anilines is 1. The van der Waals surface area contributed by atoms with Crippen molar-refractivity contribution in [2.24, 2.45) is 0 Å². The number of H-pyrrole nitrogens is 1. The maximum atomic E-state index is 12.0. The highest BCUT2D eigenvalue weighted by Crippen LogP contribution is 2.26. The van der Waals surface area contributed by atoms with Crippen LogP contribution in [0.15, 0.2) is 28.2 Å². The van der Waals surface area contributed by atoms with Gasteiger partial charge in [-0.15, -0.1) is 0 Å². The van der Waals surface area contributed by atoms with Gasteiger partial charge in [-0.25, -0.2) is 4.98 Å². The Morgan fingerprint density at radius 1 is 1.35 bits per heavy atom. The first kappa shape index (κ1) is 16.4. The predicted octanol–water partition coefficient (Wildman–Crippen LogP) is 3.30. The molecule has 0 bridgehead atoms. The van der Waals surface area contributed by atoms with E-state index in [4.69, 9.17) is 23.2 Å². The molecule has 0 radical (unpaired) electrons. The third-order valence-corrected chi connectivity index (χ3v) is 4.90. The third kappa shape index (κ3) is 3.88. The molecule has 8 heteroatoms. The zero-order chi connectivity index (χ0) is 16.4. The number of thioether (sulfide) groups is 1. The summed E-state index contributed by atoms with van der Waals surface area (Å²) in [6, 6.07) is 4.85. The van der Waals surface area contributed by atoms with Gasteiger partial charge in [-0.05, 0) is 37.5 Å². The number of halogens is 2. The van der Waals surface area contributed by atoms with Crippen LogP contribution < -0.4 is 10.9 Å². The molecule has 1 amide bonds. The maximum absolute atomic E-state index is 12.0. The summed E-state index contributed by atoms with van der Waals surface area (Å²) in [5, 5.41) is 4.06. The highest BCUT2D eigenvalue weighted by molar-refractivity contribution is 7.99. The molecule has 1 aromatic carbocycles. The van der Waals surface area contributed by atoms with Gasteiger partial charge in [0.2, 0.25) is 5.91 Å². The molecule has 1 heterocycles. The summed E-state index contributed by atoms with van der Waals surface area (Å²) in [5.41, 5.74) is 1.97. The molecule has 0 saturated carbocycles. The lowest BCUT2D eigenvalue weighted by atomic mass is 10.3. The summed E-state index contributed by atoms with van der Waals surface area (Å²) in [7, 11) is 0. The Hall–Kier alpha value is -1.50. The number of aryl methyl sites for hydroxylation is 1. The van der Waals surface area contributed by atoms with E-state index in [1.54, 1.807) is 18.2 Å². The van der Waals surface area contributed by atoms with Crippen LogP contribution >= 0.6 is 35.0 Å². The van der Waals surface area contributed by atoms with E-state index in [-0.39, 0.29) is 17.2 Å². The minimum atomic E-state index is -0.248. The molecule has 120 valence electrons. The van der Waals surface area contributed by atoms with Crippen molar-refractivity contribution in [2.45, 2.75) is 24.4 Å². The molecule has 1 aromatic heterocycles. The molecule has 3 rings (SSSR count). The van der Waals surface area contributed by atoms with Crippen molar-refractivity contribution < 1.29 is 4.79 Å². The van der Waals surface area contributed by atoms with Crippen molar-refractivity contribution in [3.8, 4) is 0 Å². The highest BCUT2D eigenvalue weighted by atomic mass is 35.5. The SMILES string of the molecule is O=C(CSc1nc2c(c(=O)[nH]1)CCC2)Nc1cc(Cl)ccc1Cl. The van der Waals surface area contributed by atoms with Crippen LogP contribution in [0.4, 0.5) is 5.69 Å². The lowest BCUT2D eigenvalue weighted by molar-refractivity contribution is -0.113. The molecular weight excluding hydrogens is 357 g/mol. The number of hydrogen-bond donors (Lipinski definition) is 2. The maximum Gasteiger partial charge on any atom is 0.254 e. The lowest BCUT2D eigenvalue weighted by Gasteiger charge is -2.08. The van der Waals surface area contributed by atoms with Crippen LogP contribution in [0.25, 0.3) is 0 Å². The van der Waals surface area contributed by atoms with Gasteiger partial charge in [0.15, 0.2) is 5.16 Å². The summed E-state index contributed by atoms with van der Waals surface area (Å²) in [5.74, 6) is -0.132. The number of fused-ring (bicyclic) bond motifs is 1. The summed E-state index contributed by atoms with van der Waals surface area (Å²) < 4.78 is 0. The third-order valence-electron chi connectivity index (χ3n) is 3.46. The number of hydrogen-bond acceptors (Lipinski definition) is 4. The standard InChI is InChI=1S/C15H13Cl2N3O2S/c16-8-4-5-10(17)12(6-8)18-13(21)7-23-15-19-11-3-1-2-9(11)14(22)20-15/h4-6H,1-3,7H2,(H,18,21)(H,19,20,22). The Bertz CT molecular complexity index is 823. The minimum absolute atomic E-state index is 0.103. The van der Waals surface area contributed by atoms with Crippen LogP contribution in [0.5, 0.6) is 0 Å². The van der Waals surface area contributed by atoms with Crippen molar-refractivity contribution in [3.05, 3.63) is 49.9 Å². The molecule has 5 nitrogen and oxygen atoms in total. The number of carbonyl (C=O) groups is 1. The molecule has 2 N–H and O–H groups in total. The van der Waals surface area contributed by atoms with Gasteiger partial charge in [0.05, 0.1) is 22.2 Å². The van der Waals surface area contributed by atoms with E-state index >= 15 is 0 Å². The molecule has 1 aliphatic carbocycles. The van der Waals surface area contributed by atoms with Crippen LogP contribution in [-0.4, -0.2) is 21.6 Å². The number of carbonyl (C=O) groups excluding carboxylic acids is 1. The van der Waals surface area contributed by atoms with E-state index in [2.05, 4.69) is 15.3 Å². The van der Waals surface area contributed by atoms with E-state index in [0.29, 0.717) is 20.9 Å². The fraction of sp³-hybridized carbons (Fsp3) is 0.267. The molecule has 0 saturated heterocycles. The monoisotopic (exact) mass is 369 g/mol. The van der Waals surface area contributed by atoms with E-state index in [1.807, 2.05) is 0 Å². The number of nitrogens with zero attached hydrogens (tertiary/aromatic N) is 1. The number of rotatable bonds is 4. The minimum Gasteiger partial charge on any atom is -0.324 e. The molecule has 0 atom stereocenters. The topological polar surface area (TPSA) is 74.8 Å². The average molecular weight is 370 g/mol. The second kappa shape index (κ2) is 6.95. The Labute approximate surface area is 146 Å². The van der Waals surface area contributed by atoms with Gasteiger partial charge < -0.3 is 10.3 Å². The van der Waals surface area contributed by atoms with Gasteiger partial charge in [0.1, 0.15) is 0 Å². The highest BCUT2D eigenvalue weighted by Gasteiger charge is 2.17. The van der Waals surface area contributed by atoms with Gasteiger partial charge in [0, 0.05) is 10.6 Å². The number of aromatic nitrogens is 2. The molecule has 2 aromatic rings. The summed E-state index contributed by atoms with van der Waals surface area (Å²) >= 11 is 13.1. The average Bonchev–Trinajstić information content (AvgIpc) is 2.98. The number of benzene rings is 1. The van der Waals surface area contributed by atoms with Gasteiger partial charge in [0.25, 0.3) is 5.56 Å². The molecule has 1 aliphatic rings. The van der Waals surface area contributed by atoms with Crippen LogP contribution in [0, 0.1) is 0 Å². The van der Waals surface area contributed by atoms with E-state index < -0.39 is 0 Å². The first-order chi connectivity index (χ1) is 11.0. The Morgan fingerprint density at radius 3 is 3.00 bits per heavy atom. The Balaban J connectivity index is 1.64. The largest absolute Gasteiger partial charge is 0.324 e.